The van der Waals surface area contributed by atoms with Crippen LogP contribution in [0.4, 0.5) is 5.69 Å². The lowest BCUT2D eigenvalue weighted by Gasteiger charge is -2.31. The predicted octanol–water partition coefficient (Wildman–Crippen LogP) is 2.68. The zero-order valence-electron chi connectivity index (χ0n) is 11.8. The third-order valence-corrected chi connectivity index (χ3v) is 5.92. The summed E-state index contributed by atoms with van der Waals surface area (Å²) in [5.41, 5.74) is 7.29. The first-order chi connectivity index (χ1) is 10.3. The number of fused-ring (bicyclic) bond motifs is 2. The van der Waals surface area contributed by atoms with Gasteiger partial charge in [-0.15, -0.1) is 11.3 Å². The molecule has 2 unspecified atom stereocenters. The lowest BCUT2D eigenvalue weighted by atomic mass is 9.85. The van der Waals surface area contributed by atoms with Crippen LogP contribution >= 0.6 is 11.3 Å². The summed E-state index contributed by atoms with van der Waals surface area (Å²) < 4.78 is 0. The van der Waals surface area contributed by atoms with Gasteiger partial charge in [-0.05, 0) is 25.2 Å². The monoisotopic (exact) mass is 302 g/mol. The maximum atomic E-state index is 12.9. The summed E-state index contributed by atoms with van der Waals surface area (Å²) in [6.07, 6.45) is 9.33. The highest BCUT2D eigenvalue weighted by molar-refractivity contribution is 7.21. The molecule has 0 aromatic carbocycles. The van der Waals surface area contributed by atoms with Crippen molar-refractivity contribution in [2.75, 3.05) is 12.3 Å². The lowest BCUT2D eigenvalue weighted by molar-refractivity contribution is 0.0696. The Bertz CT molecular complexity index is 698. The molecule has 2 aromatic rings. The molecule has 2 aromatic heterocycles. The molecular formula is C15H18N4OS. The Morgan fingerprint density at radius 1 is 1.24 bits per heavy atom. The third kappa shape index (κ3) is 2.00. The normalized spacial score (nSPS) is 25.2. The van der Waals surface area contributed by atoms with E-state index in [0.717, 1.165) is 24.2 Å². The van der Waals surface area contributed by atoms with E-state index in [1.54, 1.807) is 12.4 Å². The molecule has 1 amide bonds. The fraction of sp³-hybridized carbons (Fsp3) is 0.533. The Hall–Kier alpha value is -1.69. The second-order valence-electron chi connectivity index (χ2n) is 5.95. The standard InChI is InChI=1S/C15H18N4OS/c16-11-12-14(18-7-6-17-12)21-13(11)15(20)19-8-5-9-3-1-2-4-10(9)19/h6-7,9-10H,1-5,8,16H2. The van der Waals surface area contributed by atoms with Gasteiger partial charge in [-0.1, -0.05) is 12.8 Å². The number of nitrogen functional groups attached to an aromatic ring is 1. The predicted molar refractivity (Wildman–Crippen MR) is 83.2 cm³/mol. The van der Waals surface area contributed by atoms with Gasteiger partial charge >= 0.3 is 0 Å². The van der Waals surface area contributed by atoms with Crippen LogP contribution in [-0.4, -0.2) is 33.4 Å². The summed E-state index contributed by atoms with van der Waals surface area (Å²) in [6.45, 7) is 0.864. The molecule has 2 atom stereocenters. The molecule has 3 heterocycles. The van der Waals surface area contributed by atoms with E-state index in [0.29, 0.717) is 28.0 Å². The van der Waals surface area contributed by atoms with Crippen LogP contribution in [0.15, 0.2) is 12.4 Å². The number of carbonyl (C=O) groups is 1. The molecule has 110 valence electrons. The largest absolute Gasteiger partial charge is 0.396 e. The Labute approximate surface area is 127 Å². The van der Waals surface area contributed by atoms with Gasteiger partial charge in [-0.2, -0.15) is 0 Å². The fourth-order valence-corrected chi connectivity index (χ4v) is 4.77. The number of aromatic nitrogens is 2. The first-order valence-corrected chi connectivity index (χ1v) is 8.37. The molecule has 0 bridgehead atoms. The molecule has 2 N–H and O–H groups in total. The van der Waals surface area contributed by atoms with Gasteiger partial charge in [0.1, 0.15) is 15.2 Å². The van der Waals surface area contributed by atoms with Crippen molar-refractivity contribution in [3.05, 3.63) is 17.3 Å². The molecule has 0 spiro atoms. The Morgan fingerprint density at radius 2 is 2.05 bits per heavy atom. The molecule has 2 fully saturated rings. The maximum absolute atomic E-state index is 12.9. The van der Waals surface area contributed by atoms with Crippen LogP contribution in [0.2, 0.25) is 0 Å². The van der Waals surface area contributed by atoms with E-state index in [2.05, 4.69) is 9.97 Å². The van der Waals surface area contributed by atoms with Crippen molar-refractivity contribution < 1.29 is 4.79 Å². The second-order valence-corrected chi connectivity index (χ2v) is 6.95. The summed E-state index contributed by atoms with van der Waals surface area (Å²) in [5, 5.41) is 0. The van der Waals surface area contributed by atoms with E-state index < -0.39 is 0 Å². The summed E-state index contributed by atoms with van der Waals surface area (Å²) >= 11 is 1.37. The van der Waals surface area contributed by atoms with Crippen molar-refractivity contribution in [3.8, 4) is 0 Å². The Kier molecular flexibility index (Phi) is 3.06. The summed E-state index contributed by atoms with van der Waals surface area (Å²) in [7, 11) is 0. The molecule has 1 aliphatic heterocycles. The first kappa shape index (κ1) is 13.0. The van der Waals surface area contributed by atoms with Crippen LogP contribution in [0.25, 0.3) is 10.3 Å². The SMILES string of the molecule is Nc1c(C(=O)N2CCC3CCCCC32)sc2nccnc12. The minimum Gasteiger partial charge on any atom is -0.396 e. The van der Waals surface area contributed by atoms with Crippen molar-refractivity contribution in [1.29, 1.82) is 0 Å². The summed E-state index contributed by atoms with van der Waals surface area (Å²) in [6, 6.07) is 0.414. The minimum atomic E-state index is 0.0756. The summed E-state index contributed by atoms with van der Waals surface area (Å²) in [5.74, 6) is 0.765. The Morgan fingerprint density at radius 3 is 2.90 bits per heavy atom. The number of nitrogens with two attached hydrogens (primary N) is 1. The van der Waals surface area contributed by atoms with Crippen LogP contribution < -0.4 is 5.73 Å². The number of amides is 1. The van der Waals surface area contributed by atoms with Gasteiger partial charge in [0, 0.05) is 25.0 Å². The molecule has 0 radical (unpaired) electrons. The number of anilines is 1. The van der Waals surface area contributed by atoms with E-state index in [1.807, 2.05) is 4.90 Å². The van der Waals surface area contributed by atoms with E-state index in [1.165, 1.54) is 30.6 Å². The molecule has 1 saturated heterocycles. The highest BCUT2D eigenvalue weighted by Gasteiger charge is 2.39. The topological polar surface area (TPSA) is 72.1 Å². The molecule has 6 heteroatoms. The van der Waals surface area contributed by atoms with E-state index >= 15 is 0 Å². The van der Waals surface area contributed by atoms with Gasteiger partial charge in [0.25, 0.3) is 5.91 Å². The quantitative estimate of drug-likeness (QED) is 0.879. The van der Waals surface area contributed by atoms with E-state index in [4.69, 9.17) is 5.73 Å². The molecule has 21 heavy (non-hydrogen) atoms. The number of likely N-dealkylation sites (tertiary alicyclic amines) is 1. The smallest absolute Gasteiger partial charge is 0.266 e. The molecule has 5 nitrogen and oxygen atoms in total. The molecule has 2 aliphatic rings. The van der Waals surface area contributed by atoms with Gasteiger partial charge in [0.15, 0.2) is 0 Å². The number of hydrogen-bond donors (Lipinski definition) is 1. The van der Waals surface area contributed by atoms with Crippen LogP contribution in [0.5, 0.6) is 0 Å². The van der Waals surface area contributed by atoms with Gasteiger partial charge in [0.2, 0.25) is 0 Å². The van der Waals surface area contributed by atoms with Gasteiger partial charge in [0.05, 0.1) is 5.69 Å². The van der Waals surface area contributed by atoms with Crippen molar-refractivity contribution in [1.82, 2.24) is 14.9 Å². The van der Waals surface area contributed by atoms with Gasteiger partial charge in [-0.25, -0.2) is 9.97 Å². The van der Waals surface area contributed by atoms with Crippen LogP contribution in [0.3, 0.4) is 0 Å². The Balaban J connectivity index is 1.68. The zero-order valence-corrected chi connectivity index (χ0v) is 12.6. The van der Waals surface area contributed by atoms with Crippen LogP contribution in [0, 0.1) is 5.92 Å². The number of carbonyl (C=O) groups excluding carboxylic acids is 1. The lowest BCUT2D eigenvalue weighted by Crippen LogP contribution is -2.39. The highest BCUT2D eigenvalue weighted by atomic mass is 32.1. The van der Waals surface area contributed by atoms with Gasteiger partial charge < -0.3 is 10.6 Å². The first-order valence-electron chi connectivity index (χ1n) is 7.55. The van der Waals surface area contributed by atoms with Crippen molar-refractivity contribution in [2.24, 2.45) is 5.92 Å². The molecule has 1 saturated carbocycles. The molecule has 4 rings (SSSR count). The third-order valence-electron chi connectivity index (χ3n) is 4.83. The van der Waals surface area contributed by atoms with Crippen molar-refractivity contribution >= 4 is 33.3 Å². The number of nitrogens with zero attached hydrogens (tertiary/aromatic N) is 3. The average molecular weight is 302 g/mol. The number of thiophene rings is 1. The molecular weight excluding hydrogens is 284 g/mol. The minimum absolute atomic E-state index is 0.0756. The summed E-state index contributed by atoms with van der Waals surface area (Å²) in [4.78, 5) is 24.8. The highest BCUT2D eigenvalue weighted by Crippen LogP contribution is 2.39. The van der Waals surface area contributed by atoms with Gasteiger partial charge in [-0.3, -0.25) is 4.79 Å². The maximum Gasteiger partial charge on any atom is 0.266 e. The van der Waals surface area contributed by atoms with E-state index in [9.17, 15) is 4.79 Å². The fourth-order valence-electron chi connectivity index (χ4n) is 3.79. The second kappa shape index (κ2) is 4.94. The average Bonchev–Trinajstić information content (AvgIpc) is 3.09. The van der Waals surface area contributed by atoms with Crippen LogP contribution in [0.1, 0.15) is 41.8 Å². The van der Waals surface area contributed by atoms with Crippen molar-refractivity contribution in [2.45, 2.75) is 38.1 Å². The van der Waals surface area contributed by atoms with E-state index in [-0.39, 0.29) is 5.91 Å². The number of hydrogen-bond acceptors (Lipinski definition) is 5. The van der Waals surface area contributed by atoms with Crippen LogP contribution in [-0.2, 0) is 0 Å². The number of rotatable bonds is 1. The molecule has 1 aliphatic carbocycles. The zero-order chi connectivity index (χ0) is 14.4. The van der Waals surface area contributed by atoms with Crippen molar-refractivity contribution in [3.63, 3.8) is 0 Å².